The Balaban J connectivity index is 2.38. The van der Waals surface area contributed by atoms with E-state index < -0.39 is 11.7 Å². The van der Waals surface area contributed by atoms with Crippen LogP contribution < -0.4 is 10.1 Å². The first-order valence-electron chi connectivity index (χ1n) is 6.76. The Hall–Kier alpha value is -2.31. The third kappa shape index (κ3) is 3.24. The van der Waals surface area contributed by atoms with E-state index in [2.05, 4.69) is 15.6 Å². The van der Waals surface area contributed by atoms with E-state index in [-0.39, 0.29) is 0 Å². The van der Waals surface area contributed by atoms with Crippen molar-refractivity contribution in [3.8, 4) is 5.75 Å². The number of aromatic nitrogens is 3. The Morgan fingerprint density at radius 1 is 1.38 bits per heavy atom. The van der Waals surface area contributed by atoms with Crippen molar-refractivity contribution in [1.29, 1.82) is 0 Å². The molecule has 1 aromatic heterocycles. The highest BCUT2D eigenvalue weighted by Gasteiger charge is 2.20. The summed E-state index contributed by atoms with van der Waals surface area (Å²) in [7, 11) is 1.54. The number of carbonyl (C=O) groups excluding carboxylic acids is 1. The molecule has 7 heteroatoms. The van der Waals surface area contributed by atoms with Crippen molar-refractivity contribution in [2.75, 3.05) is 12.4 Å². The third-order valence-electron chi connectivity index (χ3n) is 2.77. The fourth-order valence-corrected chi connectivity index (χ4v) is 1.98. The minimum absolute atomic E-state index is 0.519. The molecule has 0 bridgehead atoms. The van der Waals surface area contributed by atoms with Crippen LogP contribution in [-0.4, -0.2) is 33.8 Å². The van der Waals surface area contributed by atoms with E-state index in [0.29, 0.717) is 23.5 Å². The van der Waals surface area contributed by atoms with E-state index in [1.807, 2.05) is 27.7 Å². The predicted octanol–water partition coefficient (Wildman–Crippen LogP) is 2.81. The van der Waals surface area contributed by atoms with Gasteiger partial charge >= 0.3 is 6.09 Å². The molecule has 0 atom stereocenters. The number of fused-ring (bicyclic) bond motifs is 1. The number of hydrogen-bond donors (Lipinski definition) is 1. The monoisotopic (exact) mass is 292 g/mol. The summed E-state index contributed by atoms with van der Waals surface area (Å²) in [5.74, 6) is 0.519. The fourth-order valence-electron chi connectivity index (χ4n) is 1.98. The van der Waals surface area contributed by atoms with Gasteiger partial charge in [-0.1, -0.05) is 5.21 Å². The Morgan fingerprint density at radius 3 is 2.67 bits per heavy atom. The number of ether oxygens (including phenoxy) is 2. The van der Waals surface area contributed by atoms with Crippen molar-refractivity contribution in [3.05, 3.63) is 12.1 Å². The highest BCUT2D eigenvalue weighted by Crippen LogP contribution is 2.33. The lowest BCUT2D eigenvalue weighted by molar-refractivity contribution is 0.0635. The first-order valence-corrected chi connectivity index (χ1v) is 6.76. The number of benzene rings is 1. The van der Waals surface area contributed by atoms with Crippen LogP contribution in [0.3, 0.4) is 0 Å². The summed E-state index contributed by atoms with van der Waals surface area (Å²) < 4.78 is 12.4. The number of carbonyl (C=O) groups is 1. The van der Waals surface area contributed by atoms with Crippen molar-refractivity contribution in [1.82, 2.24) is 15.0 Å². The van der Waals surface area contributed by atoms with Crippen LogP contribution in [0.2, 0.25) is 0 Å². The molecule has 2 rings (SSSR count). The first-order chi connectivity index (χ1) is 9.85. The molecule has 7 nitrogen and oxygen atoms in total. The molecule has 1 aromatic carbocycles. The van der Waals surface area contributed by atoms with Crippen LogP contribution in [0.5, 0.6) is 5.75 Å². The zero-order valence-corrected chi connectivity index (χ0v) is 12.9. The number of aryl methyl sites for hydroxylation is 1. The molecule has 1 amide bonds. The molecule has 0 fully saturated rings. The normalized spacial score (nSPS) is 11.5. The van der Waals surface area contributed by atoms with Crippen molar-refractivity contribution in [3.63, 3.8) is 0 Å². The van der Waals surface area contributed by atoms with Gasteiger partial charge in [-0.2, -0.15) is 0 Å². The van der Waals surface area contributed by atoms with Crippen LogP contribution in [0.1, 0.15) is 27.7 Å². The number of anilines is 1. The lowest BCUT2D eigenvalue weighted by Gasteiger charge is -2.20. The molecule has 0 spiro atoms. The van der Waals surface area contributed by atoms with E-state index in [0.717, 1.165) is 5.52 Å². The maximum absolute atomic E-state index is 11.9. The van der Waals surface area contributed by atoms with Gasteiger partial charge in [0.2, 0.25) is 0 Å². The van der Waals surface area contributed by atoms with Gasteiger partial charge in [0.15, 0.2) is 5.75 Å². The summed E-state index contributed by atoms with van der Waals surface area (Å²) in [6, 6.07) is 3.50. The molecule has 0 radical (unpaired) electrons. The Kier molecular flexibility index (Phi) is 4.02. The molecule has 0 aliphatic carbocycles. The molecule has 0 saturated carbocycles. The second kappa shape index (κ2) is 5.59. The van der Waals surface area contributed by atoms with E-state index in [4.69, 9.17) is 9.47 Å². The highest BCUT2D eigenvalue weighted by atomic mass is 16.6. The number of rotatable bonds is 3. The van der Waals surface area contributed by atoms with Crippen molar-refractivity contribution in [2.24, 2.45) is 0 Å². The van der Waals surface area contributed by atoms with Gasteiger partial charge in [-0.25, -0.2) is 9.48 Å². The zero-order chi connectivity index (χ0) is 15.6. The van der Waals surface area contributed by atoms with Gasteiger partial charge in [-0.05, 0) is 39.8 Å². The topological polar surface area (TPSA) is 78.3 Å². The highest BCUT2D eigenvalue weighted by molar-refractivity contribution is 5.94. The zero-order valence-electron chi connectivity index (χ0n) is 12.9. The van der Waals surface area contributed by atoms with Crippen LogP contribution in [-0.2, 0) is 11.3 Å². The number of amides is 1. The quantitative estimate of drug-likeness (QED) is 0.941. The van der Waals surface area contributed by atoms with Gasteiger partial charge in [-0.3, -0.25) is 5.32 Å². The standard InChI is InChI=1S/C14H20N4O3/c1-6-18-11-9(16-17-18)7-8-10(12(11)20-5)15-13(19)21-14(2,3)4/h7-8H,6H2,1-5H3,(H,15,19). The Labute approximate surface area is 123 Å². The predicted molar refractivity (Wildman–Crippen MR) is 79.6 cm³/mol. The summed E-state index contributed by atoms with van der Waals surface area (Å²) in [6.45, 7) is 8.04. The SMILES string of the molecule is CCn1nnc2ccc(NC(=O)OC(C)(C)C)c(OC)c21. The molecular formula is C14H20N4O3. The molecule has 0 aliphatic rings. The molecule has 21 heavy (non-hydrogen) atoms. The van der Waals surface area contributed by atoms with Crippen molar-refractivity contribution in [2.45, 2.75) is 39.8 Å². The third-order valence-corrected chi connectivity index (χ3v) is 2.77. The van der Waals surface area contributed by atoms with Crippen molar-refractivity contribution >= 4 is 22.8 Å². The second-order valence-corrected chi connectivity index (χ2v) is 5.55. The molecule has 1 N–H and O–H groups in total. The van der Waals surface area contributed by atoms with Crippen LogP contribution in [0.15, 0.2) is 12.1 Å². The Morgan fingerprint density at radius 2 is 2.10 bits per heavy atom. The number of nitrogens with one attached hydrogen (secondary N) is 1. The molecule has 0 unspecified atom stereocenters. The van der Waals surface area contributed by atoms with Gasteiger partial charge in [-0.15, -0.1) is 5.10 Å². The summed E-state index contributed by atoms with van der Waals surface area (Å²) >= 11 is 0. The van der Waals surface area contributed by atoms with Crippen LogP contribution in [0, 0.1) is 0 Å². The molecule has 0 aliphatic heterocycles. The van der Waals surface area contributed by atoms with E-state index in [1.54, 1.807) is 23.9 Å². The van der Waals surface area contributed by atoms with Crippen LogP contribution >= 0.6 is 0 Å². The molecule has 2 aromatic rings. The smallest absolute Gasteiger partial charge is 0.412 e. The van der Waals surface area contributed by atoms with E-state index in [9.17, 15) is 4.79 Å². The molecular weight excluding hydrogens is 272 g/mol. The molecule has 114 valence electrons. The number of nitrogens with zero attached hydrogens (tertiary/aromatic N) is 3. The molecule has 1 heterocycles. The van der Waals surface area contributed by atoms with Gasteiger partial charge in [0, 0.05) is 6.54 Å². The lowest BCUT2D eigenvalue weighted by Crippen LogP contribution is -2.27. The number of methoxy groups -OCH3 is 1. The summed E-state index contributed by atoms with van der Waals surface area (Å²) in [4.78, 5) is 11.9. The number of hydrogen-bond acceptors (Lipinski definition) is 5. The van der Waals surface area contributed by atoms with E-state index in [1.165, 1.54) is 0 Å². The average molecular weight is 292 g/mol. The first kappa shape index (κ1) is 15.1. The summed E-state index contributed by atoms with van der Waals surface area (Å²) in [5, 5.41) is 10.8. The lowest BCUT2D eigenvalue weighted by atomic mass is 10.2. The Bertz CT molecular complexity index is 658. The van der Waals surface area contributed by atoms with E-state index >= 15 is 0 Å². The minimum Gasteiger partial charge on any atom is -0.492 e. The van der Waals surface area contributed by atoms with Crippen molar-refractivity contribution < 1.29 is 14.3 Å². The van der Waals surface area contributed by atoms with Gasteiger partial charge in [0.1, 0.15) is 16.6 Å². The van der Waals surface area contributed by atoms with Crippen LogP contribution in [0.4, 0.5) is 10.5 Å². The van der Waals surface area contributed by atoms with Crippen LogP contribution in [0.25, 0.3) is 11.0 Å². The maximum Gasteiger partial charge on any atom is 0.412 e. The second-order valence-electron chi connectivity index (χ2n) is 5.55. The summed E-state index contributed by atoms with van der Waals surface area (Å²) in [6.07, 6.45) is -0.532. The average Bonchev–Trinajstić information content (AvgIpc) is 2.79. The fraction of sp³-hybridized carbons (Fsp3) is 0.500. The summed E-state index contributed by atoms with van der Waals surface area (Å²) in [5.41, 5.74) is 1.42. The largest absolute Gasteiger partial charge is 0.492 e. The minimum atomic E-state index is -0.561. The van der Waals surface area contributed by atoms with Gasteiger partial charge < -0.3 is 9.47 Å². The molecule has 0 saturated heterocycles. The van der Waals surface area contributed by atoms with Gasteiger partial charge in [0.05, 0.1) is 12.8 Å². The van der Waals surface area contributed by atoms with Gasteiger partial charge in [0.25, 0.3) is 0 Å². The maximum atomic E-state index is 11.9.